The van der Waals surface area contributed by atoms with Gasteiger partial charge < -0.3 is 77.5 Å². The van der Waals surface area contributed by atoms with Crippen molar-refractivity contribution in [2.75, 3.05) is 147 Å². The maximum atomic E-state index is 13.0. The highest BCUT2D eigenvalue weighted by atomic mass is 32.2. The number of hydrogen-bond acceptors (Lipinski definition) is 24. The van der Waals surface area contributed by atoms with Crippen LogP contribution in [-0.2, 0) is 79.6 Å². The second-order valence-electron chi connectivity index (χ2n) is 32.4. The number of aromatic nitrogens is 10. The number of amides is 8. The average Bonchev–Trinajstić information content (AvgIpc) is 1.60. The van der Waals surface area contributed by atoms with Gasteiger partial charge in [0, 0.05) is 149 Å². The lowest BCUT2D eigenvalue weighted by molar-refractivity contribution is -0.128. The average molecular weight is 1880 g/mol. The minimum absolute atomic E-state index is 0.00348. The lowest BCUT2D eigenvalue weighted by Crippen LogP contribution is -2.46. The van der Waals surface area contributed by atoms with Gasteiger partial charge in [-0.05, 0) is 178 Å². The van der Waals surface area contributed by atoms with Crippen LogP contribution in [0.15, 0.2) is 180 Å². The maximum absolute atomic E-state index is 13.0. The van der Waals surface area contributed by atoms with Crippen molar-refractivity contribution in [3.05, 3.63) is 198 Å². The number of sulfonamides is 2. The highest BCUT2D eigenvalue weighted by molar-refractivity contribution is 7.89. The number of imidazole rings is 5. The summed E-state index contributed by atoms with van der Waals surface area (Å²) in [6.45, 7) is 8.87. The molecule has 9 heterocycles. The Hall–Kier alpha value is -13.7. The number of anilines is 8. The summed E-state index contributed by atoms with van der Waals surface area (Å²) in [7, 11) is -4.82. The number of benzene rings is 8. The molecule has 0 spiro atoms. The summed E-state index contributed by atoms with van der Waals surface area (Å²) in [4.78, 5) is 133. The number of aliphatic hydroxyl groups is 4. The Morgan fingerprint density at radius 1 is 0.463 bits per heavy atom. The molecule has 0 unspecified atom stereocenters. The van der Waals surface area contributed by atoms with E-state index in [0.29, 0.717) is 148 Å². The Bertz CT molecular complexity index is 6840. The number of halogens is 2. The molecule has 0 bridgehead atoms. The van der Waals surface area contributed by atoms with E-state index in [1.165, 1.54) is 80.8 Å². The molecule has 0 atom stereocenters. The predicted octanol–water partition coefficient (Wildman–Crippen LogP) is 8.64. The molecule has 11 N–H and O–H groups in total. The molecule has 0 radical (unpaired) electrons. The highest BCUT2D eigenvalue weighted by Gasteiger charge is 2.37. The number of nitrogens with zero attached hydrogens (tertiary/aromatic N) is 14. The van der Waals surface area contributed by atoms with E-state index in [0.717, 1.165) is 62.2 Å². The van der Waals surface area contributed by atoms with Crippen LogP contribution in [0.4, 0.5) is 55.3 Å². The third kappa shape index (κ3) is 22.1. The summed E-state index contributed by atoms with van der Waals surface area (Å²) < 4.78 is 98.0. The monoisotopic (exact) mass is 1880 g/mol. The molecule has 704 valence electrons. The number of carbonyl (C=O) groups excluding carboxylic acids is 8. The van der Waals surface area contributed by atoms with Crippen molar-refractivity contribution in [2.24, 2.45) is 10.6 Å². The maximum Gasteiger partial charge on any atom is 0.263 e. The zero-order chi connectivity index (χ0) is 95.3. The molecule has 4 saturated heterocycles. The van der Waals surface area contributed by atoms with Crippen molar-refractivity contribution in [1.82, 2.24) is 52.5 Å². The fourth-order valence-electron chi connectivity index (χ4n) is 15.6. The molecule has 13 aromatic rings. The number of primary sulfonamides is 1. The number of nitrogens with one attached hydrogen (secondary N) is 5. The van der Waals surface area contributed by atoms with Gasteiger partial charge in [-0.25, -0.2) is 60.0 Å². The first-order valence-corrected chi connectivity index (χ1v) is 46.0. The number of aryl methyl sites for hydroxylation is 4. The molecule has 4 fully saturated rings. The van der Waals surface area contributed by atoms with E-state index >= 15 is 0 Å². The second kappa shape index (κ2) is 42.4. The molecule has 4 aliphatic rings. The number of H-pyrrole nitrogens is 1. The standard InChI is InChI=1S/C25H28F2N4O3.C23H27N5O6S.C22H22N6O4.C21H23N5O6S/c1-25(2)10-4-11-30(23(25)34)18-8-9-20-19(15-18)28-24(31(20)12-5-13-32)29-22(33)17-7-3-6-16(14-17)21(26)27;1-26(2)35(32,33)18-6-3-5-16(13-18)22(31)25-23-24-19-14-17(27-10-12-34-15-21(27)30)7-8-20(19)28(23)9-4-11-29;29-8-1-6-28-19-5-3-15(27-7-9-32-12-20(27)30)11-18(19)25-22(28)26-21(31)14-2-4-16-17(10-14)24-13-23-16;22-33(30,31)16-4-1-3-14(11-16)20(29)24-21-23-17-12-15(25-8-10-32-13-19(25)28)5-6-18(17)26(21)7-2-9-27/h3,6-9,14-15,21,32H,4-5,10-13H2,1-2H3,(H,28,29,33);3,5-8,13-14,29H,4,9-12,15H2,1-2H3,(H,24,25,31);2-5,10-11,13,29H,1,6-9,12H2,(H,23,24)(H,25,26,31);1,3-6,11-12,27H,2,7-10,13H2,(H2,22,30,31)(H,23,24,29). The largest absolute Gasteiger partial charge is 0.396 e. The van der Waals surface area contributed by atoms with Crippen molar-refractivity contribution in [3.8, 4) is 0 Å². The van der Waals surface area contributed by atoms with Crippen molar-refractivity contribution in [2.45, 2.75) is 94.8 Å². The number of fused-ring (bicyclic) bond motifs is 5. The Kier molecular flexibility index (Phi) is 30.5. The smallest absolute Gasteiger partial charge is 0.263 e. The molecule has 8 amide bonds. The molecule has 0 aliphatic carbocycles. The van der Waals surface area contributed by atoms with Crippen LogP contribution in [0.25, 0.3) is 55.2 Å². The number of carbonyl (C=O) groups is 8. The Balaban J connectivity index is 0.000000143. The van der Waals surface area contributed by atoms with Gasteiger partial charge >= 0.3 is 0 Å². The molecule has 4 aliphatic heterocycles. The van der Waals surface area contributed by atoms with Gasteiger partial charge in [0.25, 0.3) is 47.8 Å². The molecule has 134 heavy (non-hydrogen) atoms. The zero-order valence-electron chi connectivity index (χ0n) is 73.5. The van der Waals surface area contributed by atoms with Gasteiger partial charge in [-0.15, -0.1) is 0 Å². The summed E-state index contributed by atoms with van der Waals surface area (Å²) in [6, 6.07) is 43.5. The van der Waals surface area contributed by atoms with E-state index in [1.807, 2.05) is 66.9 Å². The summed E-state index contributed by atoms with van der Waals surface area (Å²) in [5.41, 5.74) is 9.87. The predicted molar refractivity (Wildman–Crippen MR) is 495 cm³/mol. The number of rotatable bonds is 28. The number of aromatic amines is 1. The topological polar surface area (TPSA) is 504 Å². The van der Waals surface area contributed by atoms with Crippen LogP contribution in [0.1, 0.15) is 106 Å². The number of piperidine rings is 1. The highest BCUT2D eigenvalue weighted by Crippen LogP contribution is 2.37. The van der Waals surface area contributed by atoms with Crippen LogP contribution in [-0.4, -0.2) is 243 Å². The normalized spacial score (nSPS) is 14.9. The van der Waals surface area contributed by atoms with Crippen LogP contribution in [0.2, 0.25) is 0 Å². The van der Waals surface area contributed by atoms with Gasteiger partial charge in [-0.1, -0.05) is 38.1 Å². The minimum atomic E-state index is -3.96. The van der Waals surface area contributed by atoms with E-state index < -0.39 is 49.6 Å². The second-order valence-corrected chi connectivity index (χ2v) is 36.1. The van der Waals surface area contributed by atoms with Crippen LogP contribution >= 0.6 is 0 Å². The quantitative estimate of drug-likeness (QED) is 0.0219. The van der Waals surface area contributed by atoms with Crippen molar-refractivity contribution in [1.29, 1.82) is 0 Å². The zero-order valence-corrected chi connectivity index (χ0v) is 75.2. The fraction of sp³-hybridized carbons (Fsp3) is 0.330. The van der Waals surface area contributed by atoms with Gasteiger partial charge in [0.1, 0.15) is 19.8 Å². The summed E-state index contributed by atoms with van der Waals surface area (Å²) in [5.74, 6) is -1.16. The first kappa shape index (κ1) is 96.3. The third-order valence-corrected chi connectivity index (χ3v) is 25.3. The number of ether oxygens (including phenoxy) is 3. The van der Waals surface area contributed by atoms with E-state index in [2.05, 4.69) is 51.2 Å². The molecule has 39 nitrogen and oxygen atoms in total. The Labute approximate surface area is 766 Å². The first-order valence-electron chi connectivity index (χ1n) is 43.0. The molecule has 0 saturated carbocycles. The third-order valence-electron chi connectivity index (χ3n) is 22.6. The SMILES string of the molecule is CC1(C)CCCN(c2ccc3c(c2)nc(NC(=O)c2cccc(C(F)F)c2)n3CCCO)C1=O.CN(C)S(=O)(=O)c1cccc(C(=O)Nc2nc3cc(N4CCOCC4=O)ccc3n2CCCO)c1.NS(=O)(=O)c1cccc(C(=O)Nc2nc3cc(N4CCOCC4=O)ccc3n2CCCO)c1.O=C(Nc1nc2cc(N3CCOCC3=O)ccc2n1CCCO)c1ccc2nc[nH]c2c1. The summed E-state index contributed by atoms with van der Waals surface area (Å²) in [6.07, 6.45) is 2.46. The van der Waals surface area contributed by atoms with Crippen LogP contribution in [0.5, 0.6) is 0 Å². The minimum Gasteiger partial charge on any atom is -0.396 e. The molecular formula is C91H100F2N20O19S2. The molecule has 5 aromatic heterocycles. The number of alkyl halides is 2. The molecular weight excluding hydrogens is 1780 g/mol. The summed E-state index contributed by atoms with van der Waals surface area (Å²) >= 11 is 0. The molecule has 17 rings (SSSR count). The van der Waals surface area contributed by atoms with E-state index in [1.54, 1.807) is 82.1 Å². The number of morpholine rings is 3. The van der Waals surface area contributed by atoms with Crippen LogP contribution < -0.4 is 46.0 Å². The van der Waals surface area contributed by atoms with E-state index in [-0.39, 0.29) is 126 Å². The van der Waals surface area contributed by atoms with Crippen LogP contribution in [0, 0.1) is 5.41 Å². The Morgan fingerprint density at radius 2 is 0.821 bits per heavy atom. The Morgan fingerprint density at radius 3 is 1.19 bits per heavy atom. The summed E-state index contributed by atoms with van der Waals surface area (Å²) in [5, 5.41) is 53.5. The lowest BCUT2D eigenvalue weighted by Gasteiger charge is -2.37. The fourth-order valence-corrected chi connectivity index (χ4v) is 17.1. The van der Waals surface area contributed by atoms with Gasteiger partial charge in [-0.3, -0.25) is 59.6 Å². The van der Waals surface area contributed by atoms with Crippen molar-refractivity contribution in [3.63, 3.8) is 0 Å². The van der Waals surface area contributed by atoms with Crippen molar-refractivity contribution >= 4 is 169 Å². The number of nitrogens with two attached hydrogens (primary N) is 1. The van der Waals surface area contributed by atoms with Gasteiger partial charge in [0.15, 0.2) is 0 Å². The number of hydrogen-bond donors (Lipinski definition) is 10. The first-order chi connectivity index (χ1) is 64.3. The van der Waals surface area contributed by atoms with Crippen molar-refractivity contribution < 1.29 is 98.6 Å². The van der Waals surface area contributed by atoms with Gasteiger partial charge in [0.2, 0.25) is 49.7 Å². The van der Waals surface area contributed by atoms with E-state index in [9.17, 15) is 84.4 Å². The van der Waals surface area contributed by atoms with E-state index in [4.69, 9.17) is 19.3 Å². The molecule has 8 aromatic carbocycles. The van der Waals surface area contributed by atoms with Gasteiger partial charge in [0.05, 0.1) is 91.1 Å². The number of aliphatic hydroxyl groups excluding tert-OH is 4. The molecule has 43 heteroatoms. The lowest BCUT2D eigenvalue weighted by atomic mass is 9.83. The van der Waals surface area contributed by atoms with Gasteiger partial charge in [-0.2, -0.15) is 0 Å². The van der Waals surface area contributed by atoms with Crippen LogP contribution in [0.3, 0.4) is 0 Å².